The predicted molar refractivity (Wildman–Crippen MR) is 90.2 cm³/mol. The maximum atomic E-state index is 13.5. The molecule has 26 heavy (non-hydrogen) atoms. The molecule has 0 fully saturated rings. The Bertz CT molecular complexity index is 807. The van der Waals surface area contributed by atoms with Crippen LogP contribution in [0.3, 0.4) is 0 Å². The fourth-order valence-corrected chi connectivity index (χ4v) is 2.82. The molecule has 0 saturated heterocycles. The molecule has 1 heterocycles. The van der Waals surface area contributed by atoms with E-state index in [0.29, 0.717) is 5.56 Å². The molecular weight excluding hydrogens is 345 g/mol. The van der Waals surface area contributed by atoms with E-state index < -0.39 is 24.2 Å². The minimum Gasteiger partial charge on any atom is -0.362 e. The monoisotopic (exact) mass is 362 g/mol. The molecule has 0 radical (unpaired) electrons. The number of hydrogen-bond donors (Lipinski definition) is 1. The van der Waals surface area contributed by atoms with Crippen LogP contribution >= 0.6 is 0 Å². The lowest BCUT2D eigenvalue weighted by molar-refractivity contribution is -0.302. The second kappa shape index (κ2) is 6.92. The zero-order valence-electron chi connectivity index (χ0n) is 13.8. The van der Waals surface area contributed by atoms with Crippen LogP contribution in [0.2, 0.25) is 0 Å². The molecule has 2 aromatic carbocycles. The summed E-state index contributed by atoms with van der Waals surface area (Å²) in [6, 6.07) is 17.2. The van der Waals surface area contributed by atoms with Crippen molar-refractivity contribution >= 4 is 11.6 Å². The lowest BCUT2D eigenvalue weighted by Crippen LogP contribution is -2.56. The van der Waals surface area contributed by atoms with E-state index in [9.17, 15) is 23.1 Å². The van der Waals surface area contributed by atoms with Crippen LogP contribution in [-0.2, 0) is 11.2 Å². The van der Waals surface area contributed by atoms with Crippen LogP contribution in [0, 0.1) is 0 Å². The van der Waals surface area contributed by atoms with Crippen LogP contribution in [0.25, 0.3) is 0 Å². The standard InChI is InChI=1S/C19H17F3N2O2/c20-19(21,22)18(26)13-16(15-9-5-2-6-10-15)23-24(18)17(25)12-11-14-7-3-1-4-8-14/h1-10,26H,11-13H2/t18-/m0/s1. The highest BCUT2D eigenvalue weighted by molar-refractivity contribution is 6.03. The lowest BCUT2D eigenvalue weighted by Gasteiger charge is -2.32. The number of carbonyl (C=O) groups excluding carboxylic acids is 1. The van der Waals surface area contributed by atoms with Crippen molar-refractivity contribution in [2.24, 2.45) is 5.10 Å². The third kappa shape index (κ3) is 3.48. The van der Waals surface area contributed by atoms with E-state index in [2.05, 4.69) is 5.10 Å². The van der Waals surface area contributed by atoms with Crippen molar-refractivity contribution in [3.63, 3.8) is 0 Å². The van der Waals surface area contributed by atoms with E-state index in [-0.39, 0.29) is 23.6 Å². The predicted octanol–water partition coefficient (Wildman–Crippen LogP) is 3.51. The summed E-state index contributed by atoms with van der Waals surface area (Å²) in [5.41, 5.74) is -2.04. The van der Waals surface area contributed by atoms with Crippen molar-refractivity contribution in [2.75, 3.05) is 0 Å². The van der Waals surface area contributed by atoms with Gasteiger partial charge in [-0.1, -0.05) is 60.7 Å². The second-order valence-electron chi connectivity index (χ2n) is 6.10. The Labute approximate surface area is 148 Å². The van der Waals surface area contributed by atoms with Gasteiger partial charge in [0.05, 0.1) is 12.1 Å². The van der Waals surface area contributed by atoms with Gasteiger partial charge in [0.25, 0.3) is 5.72 Å². The molecule has 2 aromatic rings. The SMILES string of the molecule is O=C(CCc1ccccc1)N1N=C(c2ccccc2)C[C@]1(O)C(F)(F)F. The van der Waals surface area contributed by atoms with E-state index in [1.807, 2.05) is 6.07 Å². The van der Waals surface area contributed by atoms with Crippen LogP contribution < -0.4 is 0 Å². The molecule has 4 nitrogen and oxygen atoms in total. The van der Waals surface area contributed by atoms with Gasteiger partial charge < -0.3 is 5.11 Å². The minimum atomic E-state index is -5.02. The number of benzene rings is 2. The van der Waals surface area contributed by atoms with Crippen molar-refractivity contribution in [2.45, 2.75) is 31.2 Å². The van der Waals surface area contributed by atoms with Gasteiger partial charge >= 0.3 is 6.18 Å². The van der Waals surface area contributed by atoms with E-state index >= 15 is 0 Å². The first kappa shape index (κ1) is 18.1. The van der Waals surface area contributed by atoms with Crippen LogP contribution in [0.1, 0.15) is 24.0 Å². The molecule has 1 N–H and O–H groups in total. The van der Waals surface area contributed by atoms with E-state index in [1.165, 1.54) is 0 Å². The average molecular weight is 362 g/mol. The number of nitrogens with zero attached hydrogens (tertiary/aromatic N) is 2. The first-order chi connectivity index (χ1) is 12.3. The fourth-order valence-electron chi connectivity index (χ4n) is 2.82. The van der Waals surface area contributed by atoms with E-state index in [4.69, 9.17) is 0 Å². The summed E-state index contributed by atoms with van der Waals surface area (Å²) in [7, 11) is 0. The van der Waals surface area contributed by atoms with Crippen molar-refractivity contribution in [1.82, 2.24) is 5.01 Å². The van der Waals surface area contributed by atoms with Gasteiger partial charge in [0.1, 0.15) is 0 Å². The zero-order chi connectivity index (χ0) is 18.8. The number of alkyl halides is 3. The summed E-state index contributed by atoms with van der Waals surface area (Å²) >= 11 is 0. The van der Waals surface area contributed by atoms with Crippen LogP contribution in [0.15, 0.2) is 65.8 Å². The fraction of sp³-hybridized carbons (Fsp3) is 0.263. The van der Waals surface area contributed by atoms with Gasteiger partial charge in [-0.15, -0.1) is 0 Å². The summed E-state index contributed by atoms with van der Waals surface area (Å²) in [5.74, 6) is -0.875. The quantitative estimate of drug-likeness (QED) is 0.905. The summed E-state index contributed by atoms with van der Waals surface area (Å²) in [6.45, 7) is 0. The van der Waals surface area contributed by atoms with Crippen molar-refractivity contribution in [3.8, 4) is 0 Å². The lowest BCUT2D eigenvalue weighted by atomic mass is 10.0. The minimum absolute atomic E-state index is 0.0264. The van der Waals surface area contributed by atoms with E-state index in [1.54, 1.807) is 54.6 Å². The van der Waals surface area contributed by atoms with Crippen molar-refractivity contribution in [1.29, 1.82) is 0 Å². The van der Waals surface area contributed by atoms with E-state index in [0.717, 1.165) is 5.56 Å². The molecule has 1 aliphatic rings. The maximum absolute atomic E-state index is 13.5. The molecule has 0 bridgehead atoms. The molecule has 0 aliphatic carbocycles. The van der Waals surface area contributed by atoms with Crippen LogP contribution in [0.5, 0.6) is 0 Å². The average Bonchev–Trinajstić information content (AvgIpc) is 3.00. The van der Waals surface area contributed by atoms with Gasteiger partial charge in [-0.25, -0.2) is 0 Å². The number of aryl methyl sites for hydroxylation is 1. The Morgan fingerprint density at radius 3 is 2.23 bits per heavy atom. The Balaban J connectivity index is 1.85. The number of carbonyl (C=O) groups is 1. The van der Waals surface area contributed by atoms with Crippen LogP contribution in [0.4, 0.5) is 13.2 Å². The normalized spacial score (nSPS) is 20.2. The van der Waals surface area contributed by atoms with Gasteiger partial charge in [0, 0.05) is 6.42 Å². The first-order valence-electron chi connectivity index (χ1n) is 8.10. The molecule has 1 amide bonds. The molecule has 0 spiro atoms. The van der Waals surface area contributed by atoms with Gasteiger partial charge in [-0.05, 0) is 17.5 Å². The molecular formula is C19H17F3N2O2. The Kier molecular flexibility index (Phi) is 4.82. The highest BCUT2D eigenvalue weighted by atomic mass is 19.4. The van der Waals surface area contributed by atoms with Gasteiger partial charge in [0.2, 0.25) is 5.91 Å². The third-order valence-electron chi connectivity index (χ3n) is 4.25. The summed E-state index contributed by atoms with van der Waals surface area (Å²) in [6.07, 6.45) is -5.73. The number of halogens is 3. The van der Waals surface area contributed by atoms with Gasteiger partial charge in [-0.3, -0.25) is 4.79 Å². The molecule has 0 saturated carbocycles. The topological polar surface area (TPSA) is 52.9 Å². The Morgan fingerprint density at radius 2 is 1.65 bits per heavy atom. The van der Waals surface area contributed by atoms with Crippen molar-refractivity contribution < 1.29 is 23.1 Å². The number of hydrogen-bond acceptors (Lipinski definition) is 3. The molecule has 0 aromatic heterocycles. The Morgan fingerprint density at radius 1 is 1.08 bits per heavy atom. The number of hydrazone groups is 1. The zero-order valence-corrected chi connectivity index (χ0v) is 13.8. The molecule has 3 rings (SSSR count). The molecule has 7 heteroatoms. The van der Waals surface area contributed by atoms with Gasteiger partial charge in [0.15, 0.2) is 0 Å². The highest BCUT2D eigenvalue weighted by Gasteiger charge is 2.63. The summed E-state index contributed by atoms with van der Waals surface area (Å²) in [4.78, 5) is 12.4. The van der Waals surface area contributed by atoms with Gasteiger partial charge in [-0.2, -0.15) is 23.3 Å². The summed E-state index contributed by atoms with van der Waals surface area (Å²) < 4.78 is 40.5. The summed E-state index contributed by atoms with van der Waals surface area (Å²) in [5, 5.41) is 14.3. The largest absolute Gasteiger partial charge is 0.438 e. The van der Waals surface area contributed by atoms with Crippen LogP contribution in [-0.4, -0.2) is 33.6 Å². The van der Waals surface area contributed by atoms with Crippen molar-refractivity contribution in [3.05, 3.63) is 71.8 Å². The highest BCUT2D eigenvalue weighted by Crippen LogP contribution is 2.41. The number of rotatable bonds is 4. The second-order valence-corrected chi connectivity index (χ2v) is 6.10. The first-order valence-corrected chi connectivity index (χ1v) is 8.10. The number of amides is 1. The molecule has 1 atom stereocenters. The molecule has 136 valence electrons. The molecule has 1 aliphatic heterocycles. The maximum Gasteiger partial charge on any atom is 0.438 e. The Hall–Kier alpha value is -2.67. The molecule has 0 unspecified atom stereocenters. The smallest absolute Gasteiger partial charge is 0.362 e. The third-order valence-corrected chi connectivity index (χ3v) is 4.25. The number of aliphatic hydroxyl groups is 1.